The van der Waals surface area contributed by atoms with Crippen molar-refractivity contribution in [1.82, 2.24) is 5.32 Å². The Balaban J connectivity index is 2.09. The van der Waals surface area contributed by atoms with Crippen molar-refractivity contribution in [3.05, 3.63) is 0 Å². The van der Waals surface area contributed by atoms with Gasteiger partial charge in [0.25, 0.3) is 0 Å². The molecular weight excluding hydrogens is 235 g/mol. The normalized spacial score (nSPS) is 37.6. The minimum atomic E-state index is -4.15. The van der Waals surface area contributed by atoms with Crippen LogP contribution in [0, 0.1) is 11.3 Å². The topological polar surface area (TPSA) is 38.3 Å². The van der Waals surface area contributed by atoms with E-state index in [4.69, 9.17) is 0 Å². The molecule has 0 amide bonds. The monoisotopic (exact) mass is 251 g/mol. The first-order valence-corrected chi connectivity index (χ1v) is 5.77. The molecule has 0 aromatic heterocycles. The molecule has 1 N–H and O–H groups in total. The summed E-state index contributed by atoms with van der Waals surface area (Å²) in [4.78, 5) is 11.5. The Bertz CT molecular complexity index is 318. The van der Waals surface area contributed by atoms with E-state index in [0.717, 1.165) is 0 Å². The predicted molar refractivity (Wildman–Crippen MR) is 54.3 cm³/mol. The van der Waals surface area contributed by atoms with E-state index in [1.165, 1.54) is 7.11 Å². The molecule has 0 aromatic rings. The van der Waals surface area contributed by atoms with Crippen LogP contribution in [0.1, 0.15) is 25.7 Å². The van der Waals surface area contributed by atoms with Gasteiger partial charge < -0.3 is 10.1 Å². The van der Waals surface area contributed by atoms with Crippen LogP contribution in [0.15, 0.2) is 0 Å². The Morgan fingerprint density at radius 3 is 2.65 bits per heavy atom. The summed E-state index contributed by atoms with van der Waals surface area (Å²) in [6.07, 6.45) is -2.72. The highest BCUT2D eigenvalue weighted by Crippen LogP contribution is 2.50. The van der Waals surface area contributed by atoms with Gasteiger partial charge in [-0.15, -0.1) is 0 Å². The van der Waals surface area contributed by atoms with Crippen molar-refractivity contribution in [2.75, 3.05) is 13.7 Å². The molecule has 1 aliphatic heterocycles. The molecule has 6 heteroatoms. The van der Waals surface area contributed by atoms with Crippen LogP contribution in [-0.2, 0) is 9.53 Å². The summed E-state index contributed by atoms with van der Waals surface area (Å²) in [5.74, 6) is -1.72. The number of hydrogen-bond acceptors (Lipinski definition) is 3. The van der Waals surface area contributed by atoms with Gasteiger partial charge in [0.2, 0.25) is 0 Å². The molecule has 3 atom stereocenters. The Labute approximate surface area is 97.7 Å². The fraction of sp³-hybridized carbons (Fsp3) is 0.909. The number of esters is 1. The fourth-order valence-electron chi connectivity index (χ4n) is 3.04. The van der Waals surface area contributed by atoms with Gasteiger partial charge in [-0.1, -0.05) is 6.42 Å². The van der Waals surface area contributed by atoms with Crippen LogP contribution in [-0.4, -0.2) is 31.8 Å². The molecule has 3 unspecified atom stereocenters. The number of rotatable bonds is 1. The second-order valence-electron chi connectivity index (χ2n) is 5.03. The van der Waals surface area contributed by atoms with Gasteiger partial charge in [0.05, 0.1) is 13.0 Å². The van der Waals surface area contributed by atoms with E-state index in [0.29, 0.717) is 19.4 Å². The zero-order valence-electron chi connectivity index (χ0n) is 9.64. The average molecular weight is 251 g/mol. The molecule has 1 aliphatic carbocycles. The summed E-state index contributed by atoms with van der Waals surface area (Å²) >= 11 is 0. The largest absolute Gasteiger partial charge is 0.468 e. The maximum Gasteiger partial charge on any atom is 0.391 e. The minimum absolute atomic E-state index is 0.0449. The quantitative estimate of drug-likeness (QED) is 0.723. The van der Waals surface area contributed by atoms with E-state index in [2.05, 4.69) is 10.1 Å². The maximum absolute atomic E-state index is 12.7. The second kappa shape index (κ2) is 4.15. The van der Waals surface area contributed by atoms with E-state index in [9.17, 15) is 18.0 Å². The van der Waals surface area contributed by atoms with E-state index in [1.807, 2.05) is 0 Å². The Morgan fingerprint density at radius 1 is 1.47 bits per heavy atom. The number of hydrogen-bond donors (Lipinski definition) is 1. The molecule has 0 radical (unpaired) electrons. The lowest BCUT2D eigenvalue weighted by Crippen LogP contribution is -2.67. The van der Waals surface area contributed by atoms with Gasteiger partial charge >= 0.3 is 12.1 Å². The van der Waals surface area contributed by atoms with Crippen molar-refractivity contribution >= 4 is 5.97 Å². The van der Waals surface area contributed by atoms with Gasteiger partial charge in [-0.2, -0.15) is 13.2 Å². The van der Waals surface area contributed by atoms with E-state index < -0.39 is 29.5 Å². The van der Waals surface area contributed by atoms with Gasteiger partial charge in [0, 0.05) is 12.0 Å². The van der Waals surface area contributed by atoms with E-state index in [1.54, 1.807) is 0 Å². The number of methoxy groups -OCH3 is 1. The van der Waals surface area contributed by atoms with Crippen molar-refractivity contribution < 1.29 is 22.7 Å². The molecule has 0 aromatic carbocycles. The molecular formula is C11H16F3NO2. The van der Waals surface area contributed by atoms with Crippen LogP contribution in [0.2, 0.25) is 0 Å². The number of carbonyl (C=O) groups excluding carboxylic acids is 1. The highest BCUT2D eigenvalue weighted by molar-refractivity contribution is 5.78. The number of halogens is 3. The molecule has 2 aliphatic rings. The lowest BCUT2D eigenvalue weighted by molar-refractivity contribution is -0.202. The fourth-order valence-corrected chi connectivity index (χ4v) is 3.04. The number of ether oxygens (including phenoxy) is 1. The van der Waals surface area contributed by atoms with Gasteiger partial charge in [-0.3, -0.25) is 4.79 Å². The van der Waals surface area contributed by atoms with Crippen LogP contribution in [0.3, 0.4) is 0 Å². The predicted octanol–water partition coefficient (Wildman–Crippen LogP) is 1.87. The minimum Gasteiger partial charge on any atom is -0.468 e. The first kappa shape index (κ1) is 12.7. The van der Waals surface area contributed by atoms with Crippen LogP contribution in [0.5, 0.6) is 0 Å². The van der Waals surface area contributed by atoms with Gasteiger partial charge in [-0.25, -0.2) is 0 Å². The Morgan fingerprint density at radius 2 is 2.18 bits per heavy atom. The summed E-state index contributed by atoms with van der Waals surface area (Å²) in [6.45, 7) is 0.485. The third-order valence-electron chi connectivity index (χ3n) is 4.05. The summed E-state index contributed by atoms with van der Waals surface area (Å²) in [5.41, 5.74) is -0.536. The first-order chi connectivity index (χ1) is 7.89. The molecule has 2 rings (SSSR count). The van der Waals surface area contributed by atoms with Crippen molar-refractivity contribution in [3.8, 4) is 0 Å². The molecule has 1 saturated heterocycles. The van der Waals surface area contributed by atoms with Gasteiger partial charge in [-0.05, 0) is 19.3 Å². The van der Waals surface area contributed by atoms with Crippen LogP contribution in [0.25, 0.3) is 0 Å². The van der Waals surface area contributed by atoms with Crippen molar-refractivity contribution in [1.29, 1.82) is 0 Å². The first-order valence-electron chi connectivity index (χ1n) is 5.77. The molecule has 1 saturated carbocycles. The SMILES string of the molecule is COC(=O)C1NCC12CCCC(C(F)(F)F)C2. The maximum atomic E-state index is 12.7. The van der Waals surface area contributed by atoms with Gasteiger partial charge in [0.1, 0.15) is 6.04 Å². The summed E-state index contributed by atoms with van der Waals surface area (Å²) in [7, 11) is 1.26. The third-order valence-corrected chi connectivity index (χ3v) is 4.05. The van der Waals surface area contributed by atoms with Crippen LogP contribution >= 0.6 is 0 Å². The lowest BCUT2D eigenvalue weighted by Gasteiger charge is -2.53. The van der Waals surface area contributed by atoms with Gasteiger partial charge in [0.15, 0.2) is 0 Å². The highest BCUT2D eigenvalue weighted by atomic mass is 19.4. The average Bonchev–Trinajstić information content (AvgIpc) is 2.26. The number of carbonyl (C=O) groups is 1. The number of nitrogens with one attached hydrogen (secondary N) is 1. The van der Waals surface area contributed by atoms with E-state index >= 15 is 0 Å². The zero-order chi connectivity index (χ0) is 12.7. The Kier molecular flexibility index (Phi) is 3.10. The number of alkyl halides is 3. The zero-order valence-corrected chi connectivity index (χ0v) is 9.64. The van der Waals surface area contributed by atoms with E-state index in [-0.39, 0.29) is 12.8 Å². The van der Waals surface area contributed by atoms with Crippen molar-refractivity contribution in [2.45, 2.75) is 37.9 Å². The second-order valence-corrected chi connectivity index (χ2v) is 5.03. The molecule has 2 fully saturated rings. The van der Waals surface area contributed by atoms with Crippen LogP contribution in [0.4, 0.5) is 13.2 Å². The Hall–Kier alpha value is -0.780. The van der Waals surface area contributed by atoms with Crippen molar-refractivity contribution in [3.63, 3.8) is 0 Å². The summed E-state index contributed by atoms with van der Waals surface area (Å²) in [5, 5.41) is 2.89. The summed E-state index contributed by atoms with van der Waals surface area (Å²) in [6, 6.07) is -0.558. The highest BCUT2D eigenvalue weighted by Gasteiger charge is 2.57. The molecule has 0 bridgehead atoms. The molecule has 1 heterocycles. The molecule has 3 nitrogen and oxygen atoms in total. The molecule has 98 valence electrons. The lowest BCUT2D eigenvalue weighted by atomic mass is 9.61. The van der Waals surface area contributed by atoms with Crippen LogP contribution < -0.4 is 5.32 Å². The standard InChI is InChI=1S/C11H16F3NO2/c1-17-9(16)8-10(6-15-8)4-2-3-7(5-10)11(12,13)14/h7-8,15H,2-6H2,1H3. The van der Waals surface area contributed by atoms with Crippen molar-refractivity contribution in [2.24, 2.45) is 11.3 Å². The molecule has 1 spiro atoms. The third kappa shape index (κ3) is 2.14. The summed E-state index contributed by atoms with van der Waals surface area (Å²) < 4.78 is 42.8. The molecule has 17 heavy (non-hydrogen) atoms. The smallest absolute Gasteiger partial charge is 0.391 e.